The molecule has 1 N–H and O–H groups in total. The van der Waals surface area contributed by atoms with Crippen LogP contribution in [0.2, 0.25) is 0 Å². The van der Waals surface area contributed by atoms with E-state index in [0.29, 0.717) is 24.2 Å². The van der Waals surface area contributed by atoms with E-state index in [1.807, 2.05) is 60.7 Å². The lowest BCUT2D eigenvalue weighted by Crippen LogP contribution is -2.23. The standard InChI is InChI=1S/C34H36FNO3/c1-34(2,3)30-18-16-25(17-19-30)28-14-15-29(31(35)20-28)23-39-32(26-8-6-5-7-9-26)22-36-21-24-10-12-27(13-11-24)33(37)38-4/h5-20,32,36H,21-23H2,1-4H3/t32-/m0/s1. The van der Waals surface area contributed by atoms with Gasteiger partial charge in [-0.05, 0) is 51.4 Å². The van der Waals surface area contributed by atoms with Crippen molar-refractivity contribution >= 4 is 5.97 Å². The fraction of sp³-hybridized carbons (Fsp3) is 0.265. The van der Waals surface area contributed by atoms with Crippen LogP contribution >= 0.6 is 0 Å². The van der Waals surface area contributed by atoms with Gasteiger partial charge in [0.25, 0.3) is 0 Å². The molecule has 1 atom stereocenters. The van der Waals surface area contributed by atoms with E-state index in [1.54, 1.807) is 24.3 Å². The Morgan fingerprint density at radius 1 is 0.872 bits per heavy atom. The number of ether oxygens (including phenoxy) is 2. The van der Waals surface area contributed by atoms with Crippen LogP contribution < -0.4 is 5.32 Å². The average Bonchev–Trinajstić information content (AvgIpc) is 2.95. The molecule has 39 heavy (non-hydrogen) atoms. The SMILES string of the molecule is COC(=O)c1ccc(CNC[C@H](OCc2ccc(-c3ccc(C(C)(C)C)cc3)cc2F)c2ccccc2)cc1. The summed E-state index contributed by atoms with van der Waals surface area (Å²) in [6.45, 7) is 7.84. The Labute approximate surface area is 230 Å². The summed E-state index contributed by atoms with van der Waals surface area (Å²) >= 11 is 0. The van der Waals surface area contributed by atoms with Crippen molar-refractivity contribution in [1.29, 1.82) is 0 Å². The summed E-state index contributed by atoms with van der Waals surface area (Å²) in [7, 11) is 1.37. The van der Waals surface area contributed by atoms with Gasteiger partial charge in [0.1, 0.15) is 5.82 Å². The van der Waals surface area contributed by atoms with Gasteiger partial charge in [-0.15, -0.1) is 0 Å². The van der Waals surface area contributed by atoms with Crippen molar-refractivity contribution in [2.45, 2.75) is 45.4 Å². The van der Waals surface area contributed by atoms with Crippen LogP contribution in [0.1, 0.15) is 59.5 Å². The van der Waals surface area contributed by atoms with Crippen LogP contribution in [0.15, 0.2) is 97.1 Å². The molecule has 0 aliphatic rings. The van der Waals surface area contributed by atoms with Gasteiger partial charge in [0.15, 0.2) is 0 Å². The number of esters is 1. The third-order valence-corrected chi connectivity index (χ3v) is 6.78. The largest absolute Gasteiger partial charge is 0.465 e. The van der Waals surface area contributed by atoms with Crippen molar-refractivity contribution in [3.05, 3.63) is 131 Å². The van der Waals surface area contributed by atoms with Crippen molar-refractivity contribution in [3.63, 3.8) is 0 Å². The van der Waals surface area contributed by atoms with E-state index in [2.05, 4.69) is 38.2 Å². The molecule has 5 heteroatoms. The van der Waals surface area contributed by atoms with Crippen molar-refractivity contribution in [2.24, 2.45) is 0 Å². The van der Waals surface area contributed by atoms with Crippen molar-refractivity contribution in [3.8, 4) is 11.1 Å². The second-order valence-electron chi connectivity index (χ2n) is 10.7. The maximum atomic E-state index is 15.1. The molecule has 0 aromatic heterocycles. The number of hydrogen-bond donors (Lipinski definition) is 1. The summed E-state index contributed by atoms with van der Waals surface area (Å²) < 4.78 is 26.1. The molecule has 202 valence electrons. The molecule has 0 bridgehead atoms. The molecule has 0 unspecified atom stereocenters. The number of nitrogens with one attached hydrogen (secondary N) is 1. The molecular weight excluding hydrogens is 489 g/mol. The van der Waals surface area contributed by atoms with Crippen molar-refractivity contribution < 1.29 is 18.7 Å². The molecule has 0 saturated carbocycles. The first-order valence-electron chi connectivity index (χ1n) is 13.2. The first kappa shape index (κ1) is 28.2. The average molecular weight is 526 g/mol. The number of carbonyl (C=O) groups excluding carboxylic acids is 1. The molecule has 0 aliphatic carbocycles. The van der Waals surface area contributed by atoms with E-state index < -0.39 is 0 Å². The van der Waals surface area contributed by atoms with E-state index in [0.717, 1.165) is 22.3 Å². The lowest BCUT2D eigenvalue weighted by atomic mass is 9.86. The maximum Gasteiger partial charge on any atom is 0.337 e. The highest BCUT2D eigenvalue weighted by atomic mass is 19.1. The Morgan fingerprint density at radius 2 is 1.54 bits per heavy atom. The summed E-state index contributed by atoms with van der Waals surface area (Å²) in [5.41, 5.74) is 6.23. The van der Waals surface area contributed by atoms with Crippen LogP contribution in [-0.4, -0.2) is 19.6 Å². The van der Waals surface area contributed by atoms with Crippen LogP contribution in [0.4, 0.5) is 4.39 Å². The molecule has 0 radical (unpaired) electrons. The number of halogens is 1. The monoisotopic (exact) mass is 525 g/mol. The summed E-state index contributed by atoms with van der Waals surface area (Å²) in [5, 5.41) is 3.42. The maximum absolute atomic E-state index is 15.1. The van der Waals surface area contributed by atoms with Crippen LogP contribution in [0, 0.1) is 5.82 Å². The molecule has 0 amide bonds. The normalized spacial score (nSPS) is 12.2. The van der Waals surface area contributed by atoms with E-state index in [-0.39, 0.29) is 29.9 Å². The third-order valence-electron chi connectivity index (χ3n) is 6.78. The Balaban J connectivity index is 1.40. The van der Waals surface area contributed by atoms with E-state index in [4.69, 9.17) is 9.47 Å². The number of benzene rings is 4. The zero-order valence-electron chi connectivity index (χ0n) is 23.0. The van der Waals surface area contributed by atoms with Gasteiger partial charge in [-0.1, -0.05) is 99.6 Å². The molecule has 4 rings (SSSR count). The highest BCUT2D eigenvalue weighted by molar-refractivity contribution is 5.89. The smallest absolute Gasteiger partial charge is 0.337 e. The topological polar surface area (TPSA) is 47.6 Å². The second kappa shape index (κ2) is 12.8. The molecule has 0 aliphatic heterocycles. The van der Waals surface area contributed by atoms with Gasteiger partial charge < -0.3 is 14.8 Å². The summed E-state index contributed by atoms with van der Waals surface area (Å²) in [4.78, 5) is 11.7. The van der Waals surface area contributed by atoms with Crippen LogP contribution in [0.3, 0.4) is 0 Å². The molecule has 0 heterocycles. The number of methoxy groups -OCH3 is 1. The Kier molecular flexibility index (Phi) is 9.28. The minimum atomic E-state index is -0.356. The number of rotatable bonds is 10. The van der Waals surface area contributed by atoms with Gasteiger partial charge >= 0.3 is 5.97 Å². The lowest BCUT2D eigenvalue weighted by molar-refractivity contribution is 0.0380. The highest BCUT2D eigenvalue weighted by Gasteiger charge is 2.16. The Bertz CT molecular complexity index is 1360. The van der Waals surface area contributed by atoms with Crippen molar-refractivity contribution in [2.75, 3.05) is 13.7 Å². The first-order valence-corrected chi connectivity index (χ1v) is 13.2. The number of carbonyl (C=O) groups is 1. The molecule has 0 spiro atoms. The highest BCUT2D eigenvalue weighted by Crippen LogP contribution is 2.28. The minimum absolute atomic E-state index is 0.0737. The fourth-order valence-corrected chi connectivity index (χ4v) is 4.36. The lowest BCUT2D eigenvalue weighted by Gasteiger charge is -2.20. The van der Waals surface area contributed by atoms with Gasteiger partial charge in [0, 0.05) is 18.7 Å². The van der Waals surface area contributed by atoms with Gasteiger partial charge in [0.2, 0.25) is 0 Å². The predicted octanol–water partition coefficient (Wildman–Crippen LogP) is 7.62. The quantitative estimate of drug-likeness (QED) is 0.216. The zero-order chi connectivity index (χ0) is 27.8. The molecule has 0 fully saturated rings. The van der Waals surface area contributed by atoms with Crippen molar-refractivity contribution in [1.82, 2.24) is 5.32 Å². The molecule has 4 nitrogen and oxygen atoms in total. The molecule has 4 aromatic carbocycles. The Morgan fingerprint density at radius 3 is 2.15 bits per heavy atom. The van der Waals surface area contributed by atoms with Crippen LogP contribution in [0.5, 0.6) is 0 Å². The van der Waals surface area contributed by atoms with Gasteiger partial charge in [-0.3, -0.25) is 0 Å². The zero-order valence-corrected chi connectivity index (χ0v) is 23.0. The summed E-state index contributed by atoms with van der Waals surface area (Å²) in [5.74, 6) is -0.636. The van der Waals surface area contributed by atoms with Gasteiger partial charge in [-0.2, -0.15) is 0 Å². The third kappa shape index (κ3) is 7.62. The summed E-state index contributed by atoms with van der Waals surface area (Å²) in [6, 6.07) is 30.9. The van der Waals surface area contributed by atoms with Crippen LogP contribution in [-0.2, 0) is 28.0 Å². The predicted molar refractivity (Wildman–Crippen MR) is 154 cm³/mol. The van der Waals surface area contributed by atoms with Gasteiger partial charge in [0.05, 0.1) is 25.4 Å². The van der Waals surface area contributed by atoms with Crippen LogP contribution in [0.25, 0.3) is 11.1 Å². The molecule has 0 saturated heterocycles. The molecule has 4 aromatic rings. The fourth-order valence-electron chi connectivity index (χ4n) is 4.36. The molecular formula is C34H36FNO3. The number of hydrogen-bond acceptors (Lipinski definition) is 4. The second-order valence-corrected chi connectivity index (χ2v) is 10.7. The van der Waals surface area contributed by atoms with E-state index in [9.17, 15) is 4.79 Å². The minimum Gasteiger partial charge on any atom is -0.465 e. The summed E-state index contributed by atoms with van der Waals surface area (Å²) in [6.07, 6.45) is -0.260. The van der Waals surface area contributed by atoms with E-state index in [1.165, 1.54) is 12.7 Å². The Hall–Kier alpha value is -3.80. The van der Waals surface area contributed by atoms with Gasteiger partial charge in [-0.25, -0.2) is 9.18 Å². The first-order chi connectivity index (χ1) is 18.7. The van der Waals surface area contributed by atoms with E-state index >= 15 is 4.39 Å².